The lowest BCUT2D eigenvalue weighted by molar-refractivity contribution is 0.0950. The number of carbonyl (C=O) groups excluding carboxylic acids is 1. The zero-order valence-corrected chi connectivity index (χ0v) is 17.6. The van der Waals surface area contributed by atoms with E-state index in [9.17, 15) is 13.2 Å². The first-order valence-corrected chi connectivity index (χ1v) is 10.6. The number of benzene rings is 2. The van der Waals surface area contributed by atoms with E-state index < -0.39 is 10.0 Å². The van der Waals surface area contributed by atoms with Crippen molar-refractivity contribution in [2.24, 2.45) is 0 Å². The molecule has 1 amide bonds. The quantitative estimate of drug-likeness (QED) is 0.622. The largest absolute Gasteiger partial charge is 0.348 e. The zero-order valence-electron chi connectivity index (χ0n) is 16.0. The van der Waals surface area contributed by atoms with Crippen LogP contribution in [0.15, 0.2) is 66.1 Å². The summed E-state index contributed by atoms with van der Waals surface area (Å²) in [6.07, 6.45) is 5.35. The fraction of sp³-hybridized carbons (Fsp3) is 0.200. The summed E-state index contributed by atoms with van der Waals surface area (Å²) in [5, 5.41) is 2.89. The van der Waals surface area contributed by atoms with Gasteiger partial charge in [-0.1, -0.05) is 35.9 Å². The van der Waals surface area contributed by atoms with Crippen LogP contribution in [0.5, 0.6) is 0 Å². The molecule has 2 aromatic carbocycles. The van der Waals surface area contributed by atoms with E-state index >= 15 is 0 Å². The van der Waals surface area contributed by atoms with Gasteiger partial charge in [0.25, 0.3) is 5.91 Å². The van der Waals surface area contributed by atoms with Crippen molar-refractivity contribution in [1.82, 2.24) is 19.2 Å². The Morgan fingerprint density at radius 2 is 1.93 bits per heavy atom. The van der Waals surface area contributed by atoms with Crippen molar-refractivity contribution in [2.75, 3.05) is 14.1 Å². The molecule has 152 valence electrons. The molecule has 7 nitrogen and oxygen atoms in total. The number of hydrogen-bond donors (Lipinski definition) is 1. The van der Waals surface area contributed by atoms with Gasteiger partial charge in [-0.15, -0.1) is 0 Å². The smallest absolute Gasteiger partial charge is 0.251 e. The number of carbonyl (C=O) groups is 1. The van der Waals surface area contributed by atoms with Crippen molar-refractivity contribution in [1.29, 1.82) is 0 Å². The summed E-state index contributed by atoms with van der Waals surface area (Å²) in [4.78, 5) is 16.5. The molecule has 0 aliphatic carbocycles. The fourth-order valence-corrected chi connectivity index (χ4v) is 4.15. The average Bonchev–Trinajstić information content (AvgIpc) is 3.19. The number of rotatable bonds is 7. The second kappa shape index (κ2) is 8.77. The SMILES string of the molecule is CN(C)S(=O)(=O)c1cc(C(=O)NCc2cccc(Cn3ccnc3)c2)ccc1Cl. The van der Waals surface area contributed by atoms with E-state index in [0.717, 1.165) is 15.4 Å². The number of nitrogens with one attached hydrogen (secondary N) is 1. The highest BCUT2D eigenvalue weighted by Gasteiger charge is 2.22. The molecule has 1 heterocycles. The first-order valence-electron chi connectivity index (χ1n) is 8.81. The third-order valence-electron chi connectivity index (χ3n) is 4.32. The molecule has 29 heavy (non-hydrogen) atoms. The van der Waals surface area contributed by atoms with Crippen LogP contribution in [0.1, 0.15) is 21.5 Å². The minimum absolute atomic E-state index is 0.0717. The summed E-state index contributed by atoms with van der Waals surface area (Å²) in [5.41, 5.74) is 2.25. The Bertz CT molecular complexity index is 1110. The van der Waals surface area contributed by atoms with Crippen LogP contribution in [-0.2, 0) is 23.1 Å². The van der Waals surface area contributed by atoms with E-state index in [1.807, 2.05) is 35.0 Å². The van der Waals surface area contributed by atoms with Gasteiger partial charge in [-0.05, 0) is 29.3 Å². The number of imidazole rings is 1. The molecule has 0 bridgehead atoms. The normalized spacial score (nSPS) is 11.6. The minimum atomic E-state index is -3.75. The molecule has 0 saturated heterocycles. The van der Waals surface area contributed by atoms with Gasteiger partial charge in [0, 0.05) is 45.1 Å². The molecule has 3 rings (SSSR count). The molecule has 0 radical (unpaired) electrons. The molecule has 9 heteroatoms. The van der Waals surface area contributed by atoms with Gasteiger partial charge in [-0.25, -0.2) is 17.7 Å². The third kappa shape index (κ3) is 5.03. The van der Waals surface area contributed by atoms with Crippen molar-refractivity contribution in [3.8, 4) is 0 Å². The molecular formula is C20H21ClN4O3S. The van der Waals surface area contributed by atoms with Crippen LogP contribution in [-0.4, -0.2) is 42.3 Å². The second-order valence-corrected chi connectivity index (χ2v) is 9.20. The molecular weight excluding hydrogens is 412 g/mol. The zero-order chi connectivity index (χ0) is 21.0. The summed E-state index contributed by atoms with van der Waals surface area (Å²) in [6.45, 7) is 1.000. The minimum Gasteiger partial charge on any atom is -0.348 e. The number of sulfonamides is 1. The Morgan fingerprint density at radius 1 is 1.17 bits per heavy atom. The highest BCUT2D eigenvalue weighted by molar-refractivity contribution is 7.89. The van der Waals surface area contributed by atoms with E-state index in [1.54, 1.807) is 12.5 Å². The van der Waals surface area contributed by atoms with Gasteiger partial charge in [0.05, 0.1) is 11.3 Å². The Labute approximate surface area is 175 Å². The maximum atomic E-state index is 12.5. The summed E-state index contributed by atoms with van der Waals surface area (Å²) in [7, 11) is -0.924. The summed E-state index contributed by atoms with van der Waals surface area (Å²) < 4.78 is 27.8. The van der Waals surface area contributed by atoms with Crippen molar-refractivity contribution < 1.29 is 13.2 Å². The van der Waals surface area contributed by atoms with E-state index in [0.29, 0.717) is 13.1 Å². The van der Waals surface area contributed by atoms with Gasteiger partial charge in [-0.2, -0.15) is 0 Å². The van der Waals surface area contributed by atoms with Gasteiger partial charge in [0.15, 0.2) is 0 Å². The lowest BCUT2D eigenvalue weighted by Gasteiger charge is -2.14. The number of halogens is 1. The Kier molecular flexibility index (Phi) is 6.36. The summed E-state index contributed by atoms with van der Waals surface area (Å²) >= 11 is 6.03. The lowest BCUT2D eigenvalue weighted by atomic mass is 10.1. The van der Waals surface area contributed by atoms with E-state index in [-0.39, 0.29) is 21.4 Å². The Morgan fingerprint density at radius 3 is 2.62 bits per heavy atom. The monoisotopic (exact) mass is 432 g/mol. The predicted octanol–water partition coefficient (Wildman–Crippen LogP) is 2.77. The Hall–Kier alpha value is -2.68. The summed E-state index contributed by atoms with van der Waals surface area (Å²) in [5.74, 6) is -0.378. The van der Waals surface area contributed by atoms with Crippen molar-refractivity contribution in [2.45, 2.75) is 18.0 Å². The molecule has 0 unspecified atom stereocenters. The molecule has 3 aromatic rings. The van der Waals surface area contributed by atoms with Gasteiger partial charge in [0.1, 0.15) is 4.90 Å². The molecule has 1 N–H and O–H groups in total. The van der Waals surface area contributed by atoms with Crippen LogP contribution in [0, 0.1) is 0 Å². The molecule has 0 spiro atoms. The van der Waals surface area contributed by atoms with E-state index in [1.165, 1.54) is 32.3 Å². The van der Waals surface area contributed by atoms with Crippen LogP contribution in [0.2, 0.25) is 5.02 Å². The van der Waals surface area contributed by atoms with Crippen molar-refractivity contribution >= 4 is 27.5 Å². The molecule has 0 saturated carbocycles. The maximum absolute atomic E-state index is 12.5. The van der Waals surface area contributed by atoms with Gasteiger partial charge in [0.2, 0.25) is 10.0 Å². The van der Waals surface area contributed by atoms with Crippen LogP contribution in [0.25, 0.3) is 0 Å². The van der Waals surface area contributed by atoms with Crippen LogP contribution in [0.3, 0.4) is 0 Å². The highest BCUT2D eigenvalue weighted by atomic mass is 35.5. The predicted molar refractivity (Wildman–Crippen MR) is 111 cm³/mol. The number of nitrogens with zero attached hydrogens (tertiary/aromatic N) is 3. The third-order valence-corrected chi connectivity index (χ3v) is 6.62. The fourth-order valence-electron chi connectivity index (χ4n) is 2.75. The average molecular weight is 433 g/mol. The lowest BCUT2D eigenvalue weighted by Crippen LogP contribution is -2.25. The van der Waals surface area contributed by atoms with Crippen molar-refractivity contribution in [3.63, 3.8) is 0 Å². The Balaban J connectivity index is 1.71. The van der Waals surface area contributed by atoms with E-state index in [4.69, 9.17) is 11.6 Å². The molecule has 1 aromatic heterocycles. The molecule has 0 fully saturated rings. The first kappa shape index (κ1) is 21.0. The second-order valence-electron chi connectivity index (χ2n) is 6.67. The number of amides is 1. The number of hydrogen-bond acceptors (Lipinski definition) is 4. The highest BCUT2D eigenvalue weighted by Crippen LogP contribution is 2.24. The van der Waals surface area contributed by atoms with Crippen LogP contribution < -0.4 is 5.32 Å². The van der Waals surface area contributed by atoms with Crippen LogP contribution in [0.4, 0.5) is 0 Å². The summed E-state index contributed by atoms with van der Waals surface area (Å²) in [6, 6.07) is 12.1. The maximum Gasteiger partial charge on any atom is 0.251 e. The van der Waals surface area contributed by atoms with Gasteiger partial charge >= 0.3 is 0 Å². The molecule has 0 atom stereocenters. The topological polar surface area (TPSA) is 84.3 Å². The van der Waals surface area contributed by atoms with Gasteiger partial charge in [-0.3, -0.25) is 4.79 Å². The molecule has 0 aliphatic heterocycles. The van der Waals surface area contributed by atoms with Gasteiger partial charge < -0.3 is 9.88 Å². The standard InChI is InChI=1S/C20H21ClN4O3S/c1-24(2)29(27,28)19-11-17(6-7-18(19)21)20(26)23-12-15-4-3-5-16(10-15)13-25-9-8-22-14-25/h3-11,14H,12-13H2,1-2H3,(H,23,26). The van der Waals surface area contributed by atoms with E-state index in [2.05, 4.69) is 10.3 Å². The number of aromatic nitrogens is 2. The van der Waals surface area contributed by atoms with Crippen molar-refractivity contribution in [3.05, 3.63) is 82.9 Å². The molecule has 0 aliphatic rings. The first-order chi connectivity index (χ1) is 13.8. The van der Waals surface area contributed by atoms with Crippen LogP contribution >= 0.6 is 11.6 Å².